The van der Waals surface area contributed by atoms with Crippen LogP contribution in [-0.4, -0.2) is 26.6 Å². The lowest BCUT2D eigenvalue weighted by atomic mass is 9.85. The number of rotatable bonds is 4. The molecular formula is C15H20ClN3O. The Balaban J connectivity index is 1.66. The van der Waals surface area contributed by atoms with Gasteiger partial charge in [0.2, 0.25) is 0 Å². The Morgan fingerprint density at radius 3 is 2.90 bits per heavy atom. The van der Waals surface area contributed by atoms with Crippen molar-refractivity contribution in [2.45, 2.75) is 44.2 Å². The van der Waals surface area contributed by atoms with Crippen LogP contribution in [0.15, 0.2) is 24.4 Å². The second-order valence-corrected chi connectivity index (χ2v) is 6.02. The molecule has 0 amide bonds. The third-order valence-corrected chi connectivity index (χ3v) is 4.41. The molecule has 0 spiro atoms. The van der Waals surface area contributed by atoms with Gasteiger partial charge in [-0.05, 0) is 25.0 Å². The van der Waals surface area contributed by atoms with Gasteiger partial charge in [-0.3, -0.25) is 0 Å². The quantitative estimate of drug-likeness (QED) is 0.911. The van der Waals surface area contributed by atoms with Crippen LogP contribution >= 0.6 is 11.6 Å². The van der Waals surface area contributed by atoms with Gasteiger partial charge in [0.15, 0.2) is 5.15 Å². The highest BCUT2D eigenvalue weighted by Gasteiger charge is 2.28. The largest absolute Gasteiger partial charge is 0.389 e. The van der Waals surface area contributed by atoms with E-state index in [-0.39, 0.29) is 0 Å². The first-order valence-electron chi connectivity index (χ1n) is 7.23. The van der Waals surface area contributed by atoms with Gasteiger partial charge in [-0.2, -0.15) is 0 Å². The van der Waals surface area contributed by atoms with Gasteiger partial charge in [0.1, 0.15) is 5.65 Å². The molecule has 4 nitrogen and oxygen atoms in total. The van der Waals surface area contributed by atoms with Gasteiger partial charge < -0.3 is 14.8 Å². The summed E-state index contributed by atoms with van der Waals surface area (Å²) in [6, 6.07) is 5.84. The summed E-state index contributed by atoms with van der Waals surface area (Å²) < 4.78 is 1.99. The van der Waals surface area contributed by atoms with E-state index in [0.717, 1.165) is 37.0 Å². The highest BCUT2D eigenvalue weighted by atomic mass is 35.5. The Hall–Kier alpha value is -1.10. The highest BCUT2D eigenvalue weighted by molar-refractivity contribution is 6.30. The average Bonchev–Trinajstić information content (AvgIpc) is 2.76. The first-order valence-corrected chi connectivity index (χ1v) is 7.60. The molecular weight excluding hydrogens is 274 g/mol. The van der Waals surface area contributed by atoms with Crippen LogP contribution in [0.25, 0.3) is 5.65 Å². The van der Waals surface area contributed by atoms with Gasteiger partial charge in [0.25, 0.3) is 0 Å². The standard InChI is InChI=1S/C15H20ClN3O/c16-14-12(19-9-5-2-6-13(19)18-14)10-17-11-15(20)7-3-1-4-8-15/h2,5-6,9,17,20H,1,3-4,7-8,10-11H2. The van der Waals surface area contributed by atoms with Crippen molar-refractivity contribution in [1.29, 1.82) is 0 Å². The number of halogens is 1. The van der Waals surface area contributed by atoms with E-state index in [2.05, 4.69) is 10.3 Å². The highest BCUT2D eigenvalue weighted by Crippen LogP contribution is 2.27. The summed E-state index contributed by atoms with van der Waals surface area (Å²) in [5.41, 5.74) is 1.25. The predicted molar refractivity (Wildman–Crippen MR) is 79.9 cm³/mol. The first kappa shape index (κ1) is 13.9. The second-order valence-electron chi connectivity index (χ2n) is 5.67. The average molecular weight is 294 g/mol. The van der Waals surface area contributed by atoms with Crippen molar-refractivity contribution in [2.24, 2.45) is 0 Å². The molecule has 3 rings (SSSR count). The van der Waals surface area contributed by atoms with Gasteiger partial charge in [0.05, 0.1) is 11.3 Å². The van der Waals surface area contributed by atoms with Gasteiger partial charge in [0, 0.05) is 19.3 Å². The molecule has 0 aliphatic heterocycles. The summed E-state index contributed by atoms with van der Waals surface area (Å²) in [6.45, 7) is 1.23. The minimum absolute atomic E-state index is 0.527. The number of nitrogens with zero attached hydrogens (tertiary/aromatic N) is 2. The lowest BCUT2D eigenvalue weighted by molar-refractivity contribution is 0.00461. The van der Waals surface area contributed by atoms with Crippen molar-refractivity contribution in [3.8, 4) is 0 Å². The summed E-state index contributed by atoms with van der Waals surface area (Å²) >= 11 is 6.19. The molecule has 1 aliphatic carbocycles. The molecule has 20 heavy (non-hydrogen) atoms. The van der Waals surface area contributed by atoms with E-state index in [9.17, 15) is 5.11 Å². The number of nitrogens with one attached hydrogen (secondary N) is 1. The Kier molecular flexibility index (Phi) is 3.96. The zero-order valence-corrected chi connectivity index (χ0v) is 12.2. The van der Waals surface area contributed by atoms with E-state index < -0.39 is 5.60 Å². The van der Waals surface area contributed by atoms with Crippen LogP contribution in [0.3, 0.4) is 0 Å². The maximum absolute atomic E-state index is 10.5. The fourth-order valence-corrected chi connectivity index (χ4v) is 3.22. The fraction of sp³-hybridized carbons (Fsp3) is 0.533. The molecule has 1 aliphatic rings. The molecule has 0 bridgehead atoms. The fourth-order valence-electron chi connectivity index (χ4n) is 2.98. The zero-order chi connectivity index (χ0) is 14.0. The summed E-state index contributed by atoms with van der Waals surface area (Å²) in [5.74, 6) is 0. The molecule has 2 aromatic heterocycles. The van der Waals surface area contributed by atoms with Crippen LogP contribution < -0.4 is 5.32 Å². The molecule has 108 valence electrons. The van der Waals surface area contributed by atoms with Crippen molar-refractivity contribution in [3.63, 3.8) is 0 Å². The van der Waals surface area contributed by atoms with Crippen LogP contribution in [0.5, 0.6) is 0 Å². The maximum Gasteiger partial charge on any atom is 0.152 e. The number of pyridine rings is 1. The van der Waals surface area contributed by atoms with Gasteiger partial charge in [-0.1, -0.05) is 36.9 Å². The number of aliphatic hydroxyl groups is 1. The Bertz CT molecular complexity index is 590. The second kappa shape index (κ2) is 5.72. The molecule has 1 fully saturated rings. The lowest BCUT2D eigenvalue weighted by Gasteiger charge is -2.32. The van der Waals surface area contributed by atoms with Crippen molar-refractivity contribution in [1.82, 2.24) is 14.7 Å². The molecule has 0 radical (unpaired) electrons. The molecule has 2 N–H and O–H groups in total. The molecule has 0 unspecified atom stereocenters. The molecule has 1 saturated carbocycles. The summed E-state index contributed by atoms with van der Waals surface area (Å²) in [4.78, 5) is 4.32. The predicted octanol–water partition coefficient (Wildman–Crippen LogP) is 2.77. The first-order chi connectivity index (χ1) is 9.68. The minimum atomic E-state index is -0.550. The van der Waals surface area contributed by atoms with Gasteiger partial charge in [-0.15, -0.1) is 0 Å². The summed E-state index contributed by atoms with van der Waals surface area (Å²) in [7, 11) is 0. The maximum atomic E-state index is 10.5. The summed E-state index contributed by atoms with van der Waals surface area (Å²) in [5, 5.41) is 14.3. The number of imidazole rings is 1. The summed E-state index contributed by atoms with van der Waals surface area (Å²) in [6.07, 6.45) is 7.22. The van der Waals surface area contributed by atoms with E-state index in [0.29, 0.717) is 18.2 Å². The normalized spacial score (nSPS) is 18.5. The van der Waals surface area contributed by atoms with E-state index in [1.165, 1.54) is 6.42 Å². The SMILES string of the molecule is OC1(CNCc2c(Cl)nc3ccccn23)CCCCC1. The molecule has 5 heteroatoms. The topological polar surface area (TPSA) is 49.6 Å². The van der Waals surface area contributed by atoms with E-state index in [1.807, 2.05) is 28.8 Å². The number of aromatic nitrogens is 2. The lowest BCUT2D eigenvalue weighted by Crippen LogP contribution is -2.42. The van der Waals surface area contributed by atoms with E-state index in [4.69, 9.17) is 11.6 Å². The Labute approximate surface area is 123 Å². The van der Waals surface area contributed by atoms with E-state index >= 15 is 0 Å². The zero-order valence-electron chi connectivity index (χ0n) is 11.5. The smallest absolute Gasteiger partial charge is 0.152 e. The Morgan fingerprint density at radius 2 is 2.10 bits per heavy atom. The third kappa shape index (κ3) is 2.82. The van der Waals surface area contributed by atoms with Crippen molar-refractivity contribution >= 4 is 17.2 Å². The molecule has 0 saturated heterocycles. The van der Waals surface area contributed by atoms with Crippen LogP contribution in [0, 0.1) is 0 Å². The van der Waals surface area contributed by atoms with Crippen molar-refractivity contribution in [3.05, 3.63) is 35.2 Å². The van der Waals surface area contributed by atoms with E-state index in [1.54, 1.807) is 0 Å². The number of fused-ring (bicyclic) bond motifs is 1. The van der Waals surface area contributed by atoms with Crippen LogP contribution in [0.1, 0.15) is 37.8 Å². The third-order valence-electron chi connectivity index (χ3n) is 4.11. The monoisotopic (exact) mass is 293 g/mol. The van der Waals surface area contributed by atoms with Crippen molar-refractivity contribution < 1.29 is 5.11 Å². The van der Waals surface area contributed by atoms with Crippen LogP contribution in [0.4, 0.5) is 0 Å². The molecule has 0 aromatic carbocycles. The van der Waals surface area contributed by atoms with Crippen molar-refractivity contribution in [2.75, 3.05) is 6.54 Å². The van der Waals surface area contributed by atoms with Crippen LogP contribution in [-0.2, 0) is 6.54 Å². The van der Waals surface area contributed by atoms with Gasteiger partial charge >= 0.3 is 0 Å². The number of hydrogen-bond acceptors (Lipinski definition) is 3. The molecule has 0 atom stereocenters. The van der Waals surface area contributed by atoms with Gasteiger partial charge in [-0.25, -0.2) is 4.98 Å². The number of hydrogen-bond donors (Lipinski definition) is 2. The molecule has 2 aromatic rings. The van der Waals surface area contributed by atoms with Crippen LogP contribution in [0.2, 0.25) is 5.15 Å². The molecule has 2 heterocycles. The Morgan fingerprint density at radius 1 is 1.30 bits per heavy atom. The minimum Gasteiger partial charge on any atom is -0.389 e.